The quantitative estimate of drug-likeness (QED) is 0.671. The number of nitrogens with one attached hydrogen (secondary N) is 1. The number of hydrogen-bond acceptors (Lipinski definition) is 2. The monoisotopic (exact) mass is 170 g/mol. The topological polar surface area (TPSA) is 38.0 Å². The van der Waals surface area contributed by atoms with Gasteiger partial charge in [0.2, 0.25) is 0 Å². The van der Waals surface area contributed by atoms with Crippen LogP contribution in [-0.4, -0.2) is 18.6 Å². The largest absolute Gasteiger partial charge is 0.328 e. The molecule has 3 N–H and O–H groups in total. The van der Waals surface area contributed by atoms with Gasteiger partial charge in [0, 0.05) is 12.1 Å². The Bertz CT molecular complexity index is 125. The highest BCUT2D eigenvalue weighted by Gasteiger charge is 2.21. The Morgan fingerprint density at radius 2 is 2.25 bits per heavy atom. The normalized spacial score (nSPS) is 32.2. The summed E-state index contributed by atoms with van der Waals surface area (Å²) in [6.45, 7) is 5.63. The van der Waals surface area contributed by atoms with E-state index >= 15 is 0 Å². The molecule has 2 heteroatoms. The fraction of sp³-hybridized carbons (Fsp3) is 1.00. The molecule has 3 unspecified atom stereocenters. The van der Waals surface area contributed by atoms with E-state index in [9.17, 15) is 0 Å². The Morgan fingerprint density at radius 3 is 2.75 bits per heavy atom. The molecule has 0 aromatic rings. The molecule has 1 saturated carbocycles. The molecule has 3 atom stereocenters. The molecule has 72 valence electrons. The Balaban J connectivity index is 2.07. The van der Waals surface area contributed by atoms with Gasteiger partial charge in [0.25, 0.3) is 0 Å². The first kappa shape index (κ1) is 10.0. The van der Waals surface area contributed by atoms with Gasteiger partial charge in [0.05, 0.1) is 0 Å². The van der Waals surface area contributed by atoms with Gasteiger partial charge in [0.15, 0.2) is 0 Å². The van der Waals surface area contributed by atoms with Crippen LogP contribution in [0.5, 0.6) is 0 Å². The van der Waals surface area contributed by atoms with Crippen molar-refractivity contribution in [3.8, 4) is 0 Å². The van der Waals surface area contributed by atoms with Crippen molar-refractivity contribution >= 4 is 0 Å². The van der Waals surface area contributed by atoms with Crippen LogP contribution in [0, 0.1) is 5.92 Å². The predicted molar refractivity (Wildman–Crippen MR) is 53.1 cm³/mol. The number of nitrogens with two attached hydrogens (primary N) is 1. The molecule has 0 bridgehead atoms. The summed E-state index contributed by atoms with van der Waals surface area (Å²) < 4.78 is 0. The molecule has 1 fully saturated rings. The van der Waals surface area contributed by atoms with Gasteiger partial charge in [-0.2, -0.15) is 0 Å². The third-order valence-electron chi connectivity index (χ3n) is 2.95. The molecule has 0 radical (unpaired) electrons. The summed E-state index contributed by atoms with van der Waals surface area (Å²) in [5, 5.41) is 3.54. The first-order chi connectivity index (χ1) is 5.72. The summed E-state index contributed by atoms with van der Waals surface area (Å²) in [7, 11) is 0. The molecule has 1 aliphatic rings. The summed E-state index contributed by atoms with van der Waals surface area (Å²) >= 11 is 0. The number of hydrogen-bond donors (Lipinski definition) is 2. The maximum Gasteiger partial charge on any atom is 0.00420 e. The van der Waals surface area contributed by atoms with E-state index in [4.69, 9.17) is 5.73 Å². The second-order valence-electron chi connectivity index (χ2n) is 4.16. The lowest BCUT2D eigenvalue weighted by atomic mass is 10.1. The molecule has 0 spiro atoms. The highest BCUT2D eigenvalue weighted by Crippen LogP contribution is 2.23. The van der Waals surface area contributed by atoms with Crippen molar-refractivity contribution in [1.29, 1.82) is 0 Å². The standard InChI is InChI=1S/C10H22N2/c1-3-8(2)12-7-9-4-5-10(11)6-9/h8-10,12H,3-7,11H2,1-2H3. The minimum Gasteiger partial charge on any atom is -0.328 e. The lowest BCUT2D eigenvalue weighted by Gasteiger charge is -2.15. The van der Waals surface area contributed by atoms with E-state index in [0.717, 1.165) is 5.92 Å². The Labute approximate surface area is 75.9 Å². The summed E-state index contributed by atoms with van der Waals surface area (Å²) in [6, 6.07) is 1.15. The van der Waals surface area contributed by atoms with Gasteiger partial charge < -0.3 is 11.1 Å². The van der Waals surface area contributed by atoms with Crippen LogP contribution >= 0.6 is 0 Å². The highest BCUT2D eigenvalue weighted by molar-refractivity contribution is 4.79. The average molecular weight is 170 g/mol. The highest BCUT2D eigenvalue weighted by atomic mass is 14.9. The lowest BCUT2D eigenvalue weighted by molar-refractivity contribution is 0.435. The average Bonchev–Trinajstić information content (AvgIpc) is 2.47. The molecule has 0 heterocycles. The summed E-state index contributed by atoms with van der Waals surface area (Å²) in [5.41, 5.74) is 5.84. The van der Waals surface area contributed by atoms with E-state index in [2.05, 4.69) is 19.2 Å². The molecule has 0 aliphatic heterocycles. The Morgan fingerprint density at radius 1 is 1.50 bits per heavy atom. The van der Waals surface area contributed by atoms with Crippen LogP contribution in [0.2, 0.25) is 0 Å². The van der Waals surface area contributed by atoms with Gasteiger partial charge >= 0.3 is 0 Å². The van der Waals surface area contributed by atoms with Gasteiger partial charge in [0.1, 0.15) is 0 Å². The second-order valence-corrected chi connectivity index (χ2v) is 4.16. The van der Waals surface area contributed by atoms with E-state index < -0.39 is 0 Å². The van der Waals surface area contributed by atoms with Crippen LogP contribution in [0.3, 0.4) is 0 Å². The van der Waals surface area contributed by atoms with Crippen LogP contribution in [0.15, 0.2) is 0 Å². The van der Waals surface area contributed by atoms with E-state index in [-0.39, 0.29) is 0 Å². The zero-order valence-electron chi connectivity index (χ0n) is 8.34. The molecule has 1 aliphatic carbocycles. The molecule has 0 saturated heterocycles. The molecule has 0 aromatic heterocycles. The maximum atomic E-state index is 5.84. The van der Waals surface area contributed by atoms with Gasteiger partial charge in [-0.15, -0.1) is 0 Å². The van der Waals surface area contributed by atoms with Crippen LogP contribution < -0.4 is 11.1 Å². The second kappa shape index (κ2) is 4.83. The molecule has 0 aromatic carbocycles. The maximum absolute atomic E-state index is 5.84. The van der Waals surface area contributed by atoms with Crippen LogP contribution in [0.4, 0.5) is 0 Å². The van der Waals surface area contributed by atoms with Crippen LogP contribution in [0.25, 0.3) is 0 Å². The molecule has 12 heavy (non-hydrogen) atoms. The number of rotatable bonds is 4. The fourth-order valence-electron chi connectivity index (χ4n) is 1.81. The van der Waals surface area contributed by atoms with E-state index in [1.54, 1.807) is 0 Å². The summed E-state index contributed by atoms with van der Waals surface area (Å²) in [4.78, 5) is 0. The molecule has 0 amide bonds. The third-order valence-corrected chi connectivity index (χ3v) is 2.95. The zero-order valence-corrected chi connectivity index (χ0v) is 8.34. The zero-order chi connectivity index (χ0) is 8.97. The fourth-order valence-corrected chi connectivity index (χ4v) is 1.81. The van der Waals surface area contributed by atoms with E-state index in [0.29, 0.717) is 12.1 Å². The van der Waals surface area contributed by atoms with Crippen molar-refractivity contribution in [3.63, 3.8) is 0 Å². The third kappa shape index (κ3) is 3.11. The smallest absolute Gasteiger partial charge is 0.00420 e. The van der Waals surface area contributed by atoms with E-state index in [1.165, 1.54) is 32.2 Å². The Kier molecular flexibility index (Phi) is 4.02. The van der Waals surface area contributed by atoms with Gasteiger partial charge in [-0.1, -0.05) is 6.92 Å². The molecule has 2 nitrogen and oxygen atoms in total. The van der Waals surface area contributed by atoms with Crippen molar-refractivity contribution in [2.24, 2.45) is 11.7 Å². The van der Waals surface area contributed by atoms with E-state index in [1.807, 2.05) is 0 Å². The van der Waals surface area contributed by atoms with Crippen LogP contribution in [-0.2, 0) is 0 Å². The van der Waals surface area contributed by atoms with Crippen molar-refractivity contribution in [2.75, 3.05) is 6.54 Å². The molecular weight excluding hydrogens is 148 g/mol. The summed E-state index contributed by atoms with van der Waals surface area (Å²) in [6.07, 6.45) is 5.00. The van der Waals surface area contributed by atoms with Crippen molar-refractivity contribution in [3.05, 3.63) is 0 Å². The van der Waals surface area contributed by atoms with Crippen molar-refractivity contribution in [1.82, 2.24) is 5.32 Å². The Hall–Kier alpha value is -0.0800. The minimum absolute atomic E-state index is 0.480. The van der Waals surface area contributed by atoms with Gasteiger partial charge in [-0.25, -0.2) is 0 Å². The summed E-state index contributed by atoms with van der Waals surface area (Å²) in [5.74, 6) is 0.842. The van der Waals surface area contributed by atoms with Crippen molar-refractivity contribution in [2.45, 2.75) is 51.6 Å². The van der Waals surface area contributed by atoms with Crippen LogP contribution in [0.1, 0.15) is 39.5 Å². The molecular formula is C10H22N2. The SMILES string of the molecule is CCC(C)NCC1CCC(N)C1. The lowest BCUT2D eigenvalue weighted by Crippen LogP contribution is -2.30. The van der Waals surface area contributed by atoms with Gasteiger partial charge in [-0.05, 0) is 45.1 Å². The first-order valence-corrected chi connectivity index (χ1v) is 5.21. The molecule has 1 rings (SSSR count). The van der Waals surface area contributed by atoms with Gasteiger partial charge in [-0.3, -0.25) is 0 Å². The van der Waals surface area contributed by atoms with Crippen molar-refractivity contribution < 1.29 is 0 Å². The minimum atomic E-state index is 0.480. The first-order valence-electron chi connectivity index (χ1n) is 5.21. The predicted octanol–water partition coefficient (Wildman–Crippen LogP) is 1.50.